The van der Waals surface area contributed by atoms with E-state index in [-0.39, 0.29) is 12.4 Å². The molecule has 138 valence electrons. The second kappa shape index (κ2) is 9.16. The van der Waals surface area contributed by atoms with Gasteiger partial charge in [0.1, 0.15) is 5.75 Å². The molecule has 0 saturated heterocycles. The predicted octanol–water partition coefficient (Wildman–Crippen LogP) is 4.50. The number of aromatic nitrogens is 3. The Morgan fingerprint density at radius 3 is 2.70 bits per heavy atom. The van der Waals surface area contributed by atoms with Crippen molar-refractivity contribution in [3.63, 3.8) is 0 Å². The standard InChI is InChI=1S/C21H20N4O.ClH/c1-2-8-20-19(7-1)17(15-25-20)9-12-22-14-16-5-3-6-18(13-16)26-21-23-10-4-11-24-21;/h1-8,10-11,13,15,22,25H,9,12,14H2;1H. The Bertz CT molecular complexity index is 988. The van der Waals surface area contributed by atoms with Crippen molar-refractivity contribution >= 4 is 23.3 Å². The fraction of sp³-hybridized carbons (Fsp3) is 0.143. The number of aromatic amines is 1. The van der Waals surface area contributed by atoms with E-state index in [1.165, 1.54) is 16.5 Å². The molecule has 0 bridgehead atoms. The minimum absolute atomic E-state index is 0. The second-order valence-corrected chi connectivity index (χ2v) is 6.07. The monoisotopic (exact) mass is 380 g/mol. The van der Waals surface area contributed by atoms with Crippen molar-refractivity contribution in [2.24, 2.45) is 0 Å². The Balaban J connectivity index is 0.00000210. The molecule has 0 fully saturated rings. The van der Waals surface area contributed by atoms with Crippen LogP contribution in [0.25, 0.3) is 10.9 Å². The van der Waals surface area contributed by atoms with E-state index in [1.807, 2.05) is 18.2 Å². The molecule has 2 aromatic heterocycles. The van der Waals surface area contributed by atoms with Gasteiger partial charge in [0.2, 0.25) is 0 Å². The van der Waals surface area contributed by atoms with Crippen LogP contribution in [0.5, 0.6) is 11.8 Å². The van der Waals surface area contributed by atoms with Gasteiger partial charge in [-0.05, 0) is 48.4 Å². The highest BCUT2D eigenvalue weighted by Crippen LogP contribution is 2.19. The summed E-state index contributed by atoms with van der Waals surface area (Å²) in [4.78, 5) is 11.5. The summed E-state index contributed by atoms with van der Waals surface area (Å²) in [5, 5.41) is 4.79. The fourth-order valence-electron chi connectivity index (χ4n) is 2.96. The van der Waals surface area contributed by atoms with Crippen LogP contribution in [0.1, 0.15) is 11.1 Å². The van der Waals surface area contributed by atoms with Gasteiger partial charge in [-0.15, -0.1) is 12.4 Å². The molecule has 5 nitrogen and oxygen atoms in total. The van der Waals surface area contributed by atoms with Gasteiger partial charge in [0.05, 0.1) is 0 Å². The van der Waals surface area contributed by atoms with Gasteiger partial charge in [0.25, 0.3) is 0 Å². The molecule has 0 aliphatic carbocycles. The second-order valence-electron chi connectivity index (χ2n) is 6.07. The topological polar surface area (TPSA) is 62.8 Å². The Labute approximate surface area is 164 Å². The first-order valence-electron chi connectivity index (χ1n) is 8.68. The maximum atomic E-state index is 5.68. The summed E-state index contributed by atoms with van der Waals surface area (Å²) in [6.45, 7) is 1.70. The molecule has 0 spiro atoms. The molecule has 4 aromatic rings. The number of fused-ring (bicyclic) bond motifs is 1. The van der Waals surface area contributed by atoms with E-state index < -0.39 is 0 Å². The molecule has 0 unspecified atom stereocenters. The highest BCUT2D eigenvalue weighted by atomic mass is 35.5. The van der Waals surface area contributed by atoms with Crippen LogP contribution < -0.4 is 10.1 Å². The molecular formula is C21H21ClN4O. The van der Waals surface area contributed by atoms with E-state index in [9.17, 15) is 0 Å². The van der Waals surface area contributed by atoms with Crippen LogP contribution in [0.15, 0.2) is 73.2 Å². The maximum Gasteiger partial charge on any atom is 0.321 e. The largest absolute Gasteiger partial charge is 0.424 e. The third kappa shape index (κ3) is 4.84. The van der Waals surface area contributed by atoms with Gasteiger partial charge in [-0.1, -0.05) is 30.3 Å². The normalized spacial score (nSPS) is 10.5. The number of hydrogen-bond donors (Lipinski definition) is 2. The van der Waals surface area contributed by atoms with Crippen LogP contribution in [0.2, 0.25) is 0 Å². The molecule has 0 aliphatic heterocycles. The van der Waals surface area contributed by atoms with Crippen LogP contribution in [0.3, 0.4) is 0 Å². The molecule has 6 heteroatoms. The zero-order valence-corrected chi connectivity index (χ0v) is 15.6. The number of benzene rings is 2. The van der Waals surface area contributed by atoms with Crippen LogP contribution >= 0.6 is 12.4 Å². The van der Waals surface area contributed by atoms with E-state index in [1.54, 1.807) is 18.5 Å². The highest BCUT2D eigenvalue weighted by molar-refractivity contribution is 5.85. The first kappa shape index (κ1) is 18.9. The van der Waals surface area contributed by atoms with E-state index >= 15 is 0 Å². The van der Waals surface area contributed by atoms with Crippen molar-refractivity contribution < 1.29 is 4.74 Å². The number of rotatable bonds is 7. The summed E-state index contributed by atoms with van der Waals surface area (Å²) in [6, 6.07) is 18.5. The molecule has 2 aromatic carbocycles. The van der Waals surface area contributed by atoms with Gasteiger partial charge in [-0.25, -0.2) is 9.97 Å². The number of H-pyrrole nitrogens is 1. The molecule has 0 saturated carbocycles. The molecule has 2 N–H and O–H groups in total. The van der Waals surface area contributed by atoms with Crippen LogP contribution in [0.4, 0.5) is 0 Å². The molecular weight excluding hydrogens is 360 g/mol. The van der Waals surface area contributed by atoms with Crippen molar-refractivity contribution in [1.29, 1.82) is 0 Å². The average Bonchev–Trinajstić information content (AvgIpc) is 3.10. The summed E-state index contributed by atoms with van der Waals surface area (Å²) < 4.78 is 5.68. The van der Waals surface area contributed by atoms with Crippen molar-refractivity contribution in [3.8, 4) is 11.8 Å². The summed E-state index contributed by atoms with van der Waals surface area (Å²) in [6.07, 6.45) is 6.41. The number of hydrogen-bond acceptors (Lipinski definition) is 4. The lowest BCUT2D eigenvalue weighted by atomic mass is 10.1. The Kier molecular flexibility index (Phi) is 6.41. The lowest BCUT2D eigenvalue weighted by Crippen LogP contribution is -2.16. The lowest BCUT2D eigenvalue weighted by Gasteiger charge is -2.07. The van der Waals surface area contributed by atoms with Gasteiger partial charge in [-0.3, -0.25) is 0 Å². The van der Waals surface area contributed by atoms with Gasteiger partial charge in [0, 0.05) is 36.0 Å². The van der Waals surface area contributed by atoms with E-state index in [4.69, 9.17) is 4.74 Å². The molecule has 0 radical (unpaired) electrons. The number of nitrogens with one attached hydrogen (secondary N) is 2. The Morgan fingerprint density at radius 1 is 0.963 bits per heavy atom. The van der Waals surface area contributed by atoms with E-state index in [2.05, 4.69) is 56.8 Å². The predicted molar refractivity (Wildman–Crippen MR) is 110 cm³/mol. The molecule has 27 heavy (non-hydrogen) atoms. The quantitative estimate of drug-likeness (QED) is 0.463. The minimum atomic E-state index is 0. The van der Waals surface area contributed by atoms with Gasteiger partial charge < -0.3 is 15.0 Å². The summed E-state index contributed by atoms with van der Waals surface area (Å²) in [7, 11) is 0. The van der Waals surface area contributed by atoms with Crippen LogP contribution in [0, 0.1) is 0 Å². The molecule has 0 atom stereocenters. The maximum absolute atomic E-state index is 5.68. The third-order valence-corrected chi connectivity index (χ3v) is 4.22. The van der Waals surface area contributed by atoms with Crippen molar-refractivity contribution in [2.45, 2.75) is 13.0 Å². The van der Waals surface area contributed by atoms with E-state index in [0.717, 1.165) is 30.8 Å². The zero-order chi connectivity index (χ0) is 17.6. The summed E-state index contributed by atoms with van der Waals surface area (Å²) in [5.41, 5.74) is 3.69. The van der Waals surface area contributed by atoms with Gasteiger partial charge in [-0.2, -0.15) is 0 Å². The van der Waals surface area contributed by atoms with Crippen LogP contribution in [-0.2, 0) is 13.0 Å². The third-order valence-electron chi connectivity index (χ3n) is 4.22. The van der Waals surface area contributed by atoms with Crippen molar-refractivity contribution in [1.82, 2.24) is 20.3 Å². The molecule has 2 heterocycles. The molecule has 0 aliphatic rings. The minimum Gasteiger partial charge on any atom is -0.424 e. The number of nitrogens with zero attached hydrogens (tertiary/aromatic N) is 2. The summed E-state index contributed by atoms with van der Waals surface area (Å²) in [5.74, 6) is 0.743. The smallest absolute Gasteiger partial charge is 0.321 e. The van der Waals surface area contributed by atoms with Crippen LogP contribution in [-0.4, -0.2) is 21.5 Å². The molecule has 0 amide bonds. The lowest BCUT2D eigenvalue weighted by molar-refractivity contribution is 0.441. The van der Waals surface area contributed by atoms with Gasteiger partial charge >= 0.3 is 6.01 Å². The Hall–Kier alpha value is -2.89. The van der Waals surface area contributed by atoms with Crippen molar-refractivity contribution in [3.05, 3.63) is 84.3 Å². The van der Waals surface area contributed by atoms with Crippen molar-refractivity contribution in [2.75, 3.05) is 6.54 Å². The average molecular weight is 381 g/mol. The number of ether oxygens (including phenoxy) is 1. The first-order chi connectivity index (χ1) is 12.9. The van der Waals surface area contributed by atoms with Gasteiger partial charge in [0.15, 0.2) is 0 Å². The molecule has 4 rings (SSSR count). The summed E-state index contributed by atoms with van der Waals surface area (Å²) >= 11 is 0. The Morgan fingerprint density at radius 2 is 1.81 bits per heavy atom. The highest BCUT2D eigenvalue weighted by Gasteiger charge is 2.03. The zero-order valence-electron chi connectivity index (χ0n) is 14.8. The SMILES string of the molecule is Cl.c1cnc(Oc2cccc(CNCCc3c[nH]c4ccccc34)c2)nc1. The first-order valence-corrected chi connectivity index (χ1v) is 8.68. The van der Waals surface area contributed by atoms with E-state index in [0.29, 0.717) is 6.01 Å². The number of halogens is 1. The fourth-order valence-corrected chi connectivity index (χ4v) is 2.96. The number of para-hydroxylation sites is 1.